The first-order valence-electron chi connectivity index (χ1n) is 9.15. The van der Waals surface area contributed by atoms with Crippen LogP contribution in [-0.4, -0.2) is 42.6 Å². The highest BCUT2D eigenvalue weighted by Crippen LogP contribution is 2.33. The number of carbonyl (C=O) groups excluding carboxylic acids is 2. The van der Waals surface area contributed by atoms with Gasteiger partial charge in [-0.3, -0.25) is 9.59 Å². The number of piperidine rings is 1. The third-order valence-corrected chi connectivity index (χ3v) is 5.47. The Morgan fingerprint density at radius 2 is 1.78 bits per heavy atom. The molecule has 0 bridgehead atoms. The third-order valence-electron chi connectivity index (χ3n) is 5.47. The fourth-order valence-electron chi connectivity index (χ4n) is 3.90. The zero-order valence-corrected chi connectivity index (χ0v) is 15.5. The van der Waals surface area contributed by atoms with E-state index < -0.39 is 5.66 Å². The molecule has 0 aromatic heterocycles. The summed E-state index contributed by atoms with van der Waals surface area (Å²) >= 11 is 0. The predicted octanol–water partition coefficient (Wildman–Crippen LogP) is 2.79. The molecule has 6 heteroatoms. The van der Waals surface area contributed by atoms with Gasteiger partial charge in [0.05, 0.1) is 12.7 Å². The molecule has 2 aliphatic heterocycles. The van der Waals surface area contributed by atoms with Crippen LogP contribution in [0.15, 0.2) is 42.5 Å². The molecule has 27 heavy (non-hydrogen) atoms. The molecule has 0 radical (unpaired) electrons. The molecule has 2 amide bonds. The van der Waals surface area contributed by atoms with Gasteiger partial charge in [-0.05, 0) is 42.8 Å². The summed E-state index contributed by atoms with van der Waals surface area (Å²) in [5, 5.41) is 6.65. The van der Waals surface area contributed by atoms with Gasteiger partial charge in [0, 0.05) is 37.2 Å². The second kappa shape index (κ2) is 6.61. The van der Waals surface area contributed by atoms with Gasteiger partial charge < -0.3 is 20.3 Å². The van der Waals surface area contributed by atoms with Gasteiger partial charge in [-0.15, -0.1) is 0 Å². The minimum atomic E-state index is -0.492. The number of carbonyl (C=O) groups is 2. The van der Waals surface area contributed by atoms with Crippen LogP contribution in [0.5, 0.6) is 5.75 Å². The van der Waals surface area contributed by atoms with Crippen molar-refractivity contribution in [2.24, 2.45) is 0 Å². The molecular weight excluding hydrogens is 342 g/mol. The van der Waals surface area contributed by atoms with E-state index in [4.69, 9.17) is 4.74 Å². The summed E-state index contributed by atoms with van der Waals surface area (Å²) in [6.07, 6.45) is 1.32. The molecular formula is C21H23N3O3. The van der Waals surface area contributed by atoms with Crippen molar-refractivity contribution in [1.82, 2.24) is 10.2 Å². The van der Waals surface area contributed by atoms with Gasteiger partial charge >= 0.3 is 0 Å². The third kappa shape index (κ3) is 3.12. The number of likely N-dealkylation sites (tertiary alicyclic amines) is 1. The highest BCUT2D eigenvalue weighted by Gasteiger charge is 2.41. The Bertz CT molecular complexity index is 884. The molecule has 1 saturated heterocycles. The SMILES string of the molecule is COc1ccc(C(=O)N2CCC3(CC2)NC(=O)c2c(C)cccc2N3)cc1. The van der Waals surface area contributed by atoms with Crippen molar-refractivity contribution in [2.45, 2.75) is 25.4 Å². The monoisotopic (exact) mass is 365 g/mol. The molecule has 0 saturated carbocycles. The Kier molecular flexibility index (Phi) is 4.26. The molecule has 0 unspecified atom stereocenters. The maximum atomic E-state index is 12.8. The molecule has 2 N–H and O–H groups in total. The van der Waals surface area contributed by atoms with Crippen LogP contribution in [-0.2, 0) is 0 Å². The number of anilines is 1. The summed E-state index contributed by atoms with van der Waals surface area (Å²) < 4.78 is 5.14. The minimum absolute atomic E-state index is 0.00545. The molecule has 0 aliphatic carbocycles. The summed E-state index contributed by atoms with van der Waals surface area (Å²) in [7, 11) is 1.60. The number of hydrogen-bond donors (Lipinski definition) is 2. The Labute approximate surface area is 158 Å². The number of rotatable bonds is 2. The van der Waals surface area contributed by atoms with Crippen molar-refractivity contribution in [2.75, 3.05) is 25.5 Å². The largest absolute Gasteiger partial charge is 0.497 e. The van der Waals surface area contributed by atoms with Gasteiger partial charge in [0.15, 0.2) is 0 Å². The standard InChI is InChI=1S/C21H23N3O3/c1-14-4-3-5-17-18(14)19(25)23-21(22-17)10-12-24(13-11-21)20(26)15-6-8-16(27-2)9-7-15/h3-9,22H,10-13H2,1-2H3,(H,23,25). The average Bonchev–Trinajstić information content (AvgIpc) is 2.68. The smallest absolute Gasteiger partial charge is 0.255 e. The molecule has 2 aliphatic rings. The maximum absolute atomic E-state index is 12.8. The molecule has 2 aromatic rings. The maximum Gasteiger partial charge on any atom is 0.255 e. The van der Waals surface area contributed by atoms with Gasteiger partial charge in [0.2, 0.25) is 0 Å². The second-order valence-electron chi connectivity index (χ2n) is 7.18. The zero-order valence-electron chi connectivity index (χ0n) is 15.5. The van der Waals surface area contributed by atoms with Crippen LogP contribution in [0.25, 0.3) is 0 Å². The number of benzene rings is 2. The van der Waals surface area contributed by atoms with Crippen molar-refractivity contribution in [1.29, 1.82) is 0 Å². The van der Waals surface area contributed by atoms with E-state index in [1.54, 1.807) is 31.4 Å². The van der Waals surface area contributed by atoms with Gasteiger partial charge in [-0.2, -0.15) is 0 Å². The summed E-state index contributed by atoms with van der Waals surface area (Å²) in [5.41, 5.74) is 2.69. The first-order chi connectivity index (χ1) is 13.0. The fourth-order valence-corrected chi connectivity index (χ4v) is 3.90. The van der Waals surface area contributed by atoms with E-state index in [0.29, 0.717) is 37.1 Å². The second-order valence-corrected chi connectivity index (χ2v) is 7.18. The lowest BCUT2D eigenvalue weighted by Crippen LogP contribution is -2.62. The van der Waals surface area contributed by atoms with Gasteiger partial charge in [0.1, 0.15) is 11.4 Å². The first kappa shape index (κ1) is 17.4. The quantitative estimate of drug-likeness (QED) is 0.859. The number of hydrogen-bond acceptors (Lipinski definition) is 4. The highest BCUT2D eigenvalue weighted by molar-refractivity contribution is 6.03. The van der Waals surface area contributed by atoms with Crippen molar-refractivity contribution in [3.63, 3.8) is 0 Å². The van der Waals surface area contributed by atoms with E-state index in [0.717, 1.165) is 17.0 Å². The van der Waals surface area contributed by atoms with Crippen molar-refractivity contribution < 1.29 is 14.3 Å². The Balaban J connectivity index is 1.47. The minimum Gasteiger partial charge on any atom is -0.497 e. The molecule has 4 rings (SSSR count). The Hall–Kier alpha value is -3.02. The average molecular weight is 365 g/mol. The van der Waals surface area contributed by atoms with Crippen LogP contribution in [0.2, 0.25) is 0 Å². The van der Waals surface area contributed by atoms with E-state index >= 15 is 0 Å². The van der Waals surface area contributed by atoms with Gasteiger partial charge in [-0.25, -0.2) is 0 Å². The molecule has 1 spiro atoms. The zero-order chi connectivity index (χ0) is 19.0. The number of fused-ring (bicyclic) bond motifs is 1. The number of nitrogens with one attached hydrogen (secondary N) is 2. The molecule has 6 nitrogen and oxygen atoms in total. The Morgan fingerprint density at radius 3 is 2.44 bits per heavy atom. The van der Waals surface area contributed by atoms with Crippen LogP contribution >= 0.6 is 0 Å². The number of methoxy groups -OCH3 is 1. The lowest BCUT2D eigenvalue weighted by Gasteiger charge is -2.46. The lowest BCUT2D eigenvalue weighted by atomic mass is 9.91. The molecule has 2 heterocycles. The Morgan fingerprint density at radius 1 is 1.07 bits per heavy atom. The van der Waals surface area contributed by atoms with Crippen molar-refractivity contribution in [3.8, 4) is 5.75 Å². The number of ether oxygens (including phenoxy) is 1. The van der Waals surface area contributed by atoms with Crippen molar-refractivity contribution in [3.05, 3.63) is 59.2 Å². The van der Waals surface area contributed by atoms with E-state index in [1.807, 2.05) is 30.0 Å². The molecule has 2 aromatic carbocycles. The summed E-state index contributed by atoms with van der Waals surface area (Å²) in [6, 6.07) is 13.0. The van der Waals surface area contributed by atoms with Gasteiger partial charge in [-0.1, -0.05) is 12.1 Å². The van der Waals surface area contributed by atoms with Crippen molar-refractivity contribution >= 4 is 17.5 Å². The summed E-state index contributed by atoms with van der Waals surface area (Å²) in [4.78, 5) is 27.2. The van der Waals surface area contributed by atoms with Crippen LogP contribution in [0.1, 0.15) is 39.1 Å². The predicted molar refractivity (Wildman–Crippen MR) is 103 cm³/mol. The molecule has 0 atom stereocenters. The normalized spacial score (nSPS) is 17.7. The lowest BCUT2D eigenvalue weighted by molar-refractivity contribution is 0.0639. The van der Waals surface area contributed by atoms with E-state index in [9.17, 15) is 9.59 Å². The van der Waals surface area contributed by atoms with Gasteiger partial charge in [0.25, 0.3) is 11.8 Å². The highest BCUT2D eigenvalue weighted by atomic mass is 16.5. The first-order valence-corrected chi connectivity index (χ1v) is 9.15. The van der Waals surface area contributed by atoms with Crippen LogP contribution in [0, 0.1) is 6.92 Å². The van der Waals surface area contributed by atoms with Crippen LogP contribution in [0.3, 0.4) is 0 Å². The van der Waals surface area contributed by atoms with Crippen LogP contribution in [0.4, 0.5) is 5.69 Å². The fraction of sp³-hybridized carbons (Fsp3) is 0.333. The summed E-state index contributed by atoms with van der Waals surface area (Å²) in [6.45, 7) is 3.10. The van der Waals surface area contributed by atoms with E-state index in [1.165, 1.54) is 0 Å². The molecule has 1 fully saturated rings. The molecule has 140 valence electrons. The number of amides is 2. The van der Waals surface area contributed by atoms with E-state index in [2.05, 4.69) is 10.6 Å². The van der Waals surface area contributed by atoms with E-state index in [-0.39, 0.29) is 11.8 Å². The van der Waals surface area contributed by atoms with Crippen LogP contribution < -0.4 is 15.4 Å². The number of nitrogens with zero attached hydrogens (tertiary/aromatic N) is 1. The topological polar surface area (TPSA) is 70.7 Å². The summed E-state index contributed by atoms with van der Waals surface area (Å²) in [5.74, 6) is 0.690. The number of aryl methyl sites for hydroxylation is 1.